The second-order valence-corrected chi connectivity index (χ2v) is 6.88. The highest BCUT2D eigenvalue weighted by Gasteiger charge is 2.32. The molecule has 2 heterocycles. The van der Waals surface area contributed by atoms with Gasteiger partial charge in [0.15, 0.2) is 0 Å². The van der Waals surface area contributed by atoms with Gasteiger partial charge in [-0.1, -0.05) is 0 Å². The van der Waals surface area contributed by atoms with Crippen LogP contribution in [0.25, 0.3) is 0 Å². The highest BCUT2D eigenvalue weighted by molar-refractivity contribution is 7.89. The molecule has 1 aromatic heterocycles. The van der Waals surface area contributed by atoms with Crippen LogP contribution in [0.5, 0.6) is 0 Å². The molecule has 0 unspecified atom stereocenters. The number of sulfonamides is 1. The van der Waals surface area contributed by atoms with E-state index in [-0.39, 0.29) is 22.9 Å². The fourth-order valence-electron chi connectivity index (χ4n) is 1.88. The van der Waals surface area contributed by atoms with Crippen LogP contribution in [0.1, 0.15) is 22.5 Å². The molecule has 0 aromatic carbocycles. The average Bonchev–Trinajstić information content (AvgIpc) is 2.79. The van der Waals surface area contributed by atoms with Gasteiger partial charge in [0.25, 0.3) is 0 Å². The minimum absolute atomic E-state index is 0.156. The molecule has 1 fully saturated rings. The van der Waals surface area contributed by atoms with Gasteiger partial charge in [-0.25, -0.2) is 13.2 Å². The van der Waals surface area contributed by atoms with Crippen molar-refractivity contribution in [1.82, 2.24) is 4.31 Å². The molecular weight excluding hydrogens is 278 g/mol. The van der Waals surface area contributed by atoms with Crippen LogP contribution < -0.4 is 0 Å². The first-order chi connectivity index (χ1) is 8.43. The number of thiophene rings is 1. The van der Waals surface area contributed by atoms with Gasteiger partial charge in [-0.15, -0.1) is 11.3 Å². The molecule has 2 rings (SSSR count). The summed E-state index contributed by atoms with van der Waals surface area (Å²) < 4.78 is 25.8. The maximum Gasteiger partial charge on any atom is 0.347 e. The lowest BCUT2D eigenvalue weighted by molar-refractivity contribution is 0.0697. The van der Waals surface area contributed by atoms with Crippen molar-refractivity contribution in [2.75, 3.05) is 13.1 Å². The maximum atomic E-state index is 12.3. The first kappa shape index (κ1) is 13.5. The third-order valence-corrected chi connectivity index (χ3v) is 5.84. The van der Waals surface area contributed by atoms with E-state index in [2.05, 4.69) is 0 Å². The largest absolute Gasteiger partial charge is 0.477 e. The van der Waals surface area contributed by atoms with Gasteiger partial charge in [0, 0.05) is 13.1 Å². The summed E-state index contributed by atoms with van der Waals surface area (Å²) in [6.07, 6.45) is 0.287. The molecule has 0 amide bonds. The lowest BCUT2D eigenvalue weighted by Gasteiger charge is -2.28. The van der Waals surface area contributed by atoms with E-state index in [0.29, 0.717) is 12.8 Å². The third-order valence-electron chi connectivity index (χ3n) is 2.86. The van der Waals surface area contributed by atoms with Crippen LogP contribution in [0, 0.1) is 0 Å². The summed E-state index contributed by atoms with van der Waals surface area (Å²) >= 11 is 0.894. The molecule has 0 aliphatic carbocycles. The molecule has 0 radical (unpaired) electrons. The number of carbonyl (C=O) groups is 1. The number of carboxylic acid groups (broad SMARTS) is 1. The number of piperidine rings is 1. The normalized spacial score (nSPS) is 18.9. The molecule has 18 heavy (non-hydrogen) atoms. The van der Waals surface area contributed by atoms with Crippen molar-refractivity contribution in [1.29, 1.82) is 0 Å². The van der Waals surface area contributed by atoms with Crippen LogP contribution in [0.3, 0.4) is 0 Å². The average molecular weight is 291 g/mol. The maximum absolute atomic E-state index is 12.3. The second-order valence-electron chi connectivity index (χ2n) is 4.05. The summed E-state index contributed by atoms with van der Waals surface area (Å²) in [6.45, 7) is 0.441. The third kappa shape index (κ3) is 2.41. The highest BCUT2D eigenvalue weighted by Crippen LogP contribution is 2.27. The van der Waals surface area contributed by atoms with E-state index in [4.69, 9.17) is 5.11 Å². The lowest BCUT2D eigenvalue weighted by atomic mass is 10.1. The molecule has 0 spiro atoms. The van der Waals surface area contributed by atoms with Crippen LogP contribution in [0.4, 0.5) is 0 Å². The molecule has 1 saturated heterocycles. The Morgan fingerprint density at radius 3 is 2.56 bits per heavy atom. The van der Waals surface area contributed by atoms with Crippen molar-refractivity contribution in [2.45, 2.75) is 23.8 Å². The Hall–Kier alpha value is -0.960. The van der Waals surface area contributed by atoms with Crippen LogP contribution in [-0.4, -0.2) is 48.1 Å². The zero-order chi connectivity index (χ0) is 13.3. The SMILES string of the molecule is O=C(O)c1sccc1S(=O)(=O)N1CCC(O)CC1. The van der Waals surface area contributed by atoms with Crippen molar-refractivity contribution < 1.29 is 23.4 Å². The van der Waals surface area contributed by atoms with Crippen molar-refractivity contribution in [3.63, 3.8) is 0 Å². The molecule has 100 valence electrons. The van der Waals surface area contributed by atoms with Crippen LogP contribution >= 0.6 is 11.3 Å². The lowest BCUT2D eigenvalue weighted by Crippen LogP contribution is -2.40. The number of aromatic carboxylic acids is 1. The number of rotatable bonds is 3. The summed E-state index contributed by atoms with van der Waals surface area (Å²) in [5.41, 5.74) is 0. The number of aliphatic hydroxyl groups is 1. The zero-order valence-electron chi connectivity index (χ0n) is 9.44. The van der Waals surface area contributed by atoms with E-state index in [9.17, 15) is 18.3 Å². The van der Waals surface area contributed by atoms with E-state index in [1.54, 1.807) is 0 Å². The number of hydrogen-bond donors (Lipinski definition) is 2. The highest BCUT2D eigenvalue weighted by atomic mass is 32.2. The first-order valence-electron chi connectivity index (χ1n) is 5.42. The Bertz CT molecular complexity index is 542. The summed E-state index contributed by atoms with van der Waals surface area (Å²) in [4.78, 5) is 10.6. The van der Waals surface area contributed by atoms with E-state index in [0.717, 1.165) is 11.3 Å². The Labute approximate surface area is 109 Å². The van der Waals surface area contributed by atoms with Gasteiger partial charge in [-0.3, -0.25) is 0 Å². The second kappa shape index (κ2) is 4.96. The fraction of sp³-hybridized carbons (Fsp3) is 0.500. The standard InChI is InChI=1S/C10H13NO5S2/c12-7-1-4-11(5-2-7)18(15,16)8-3-6-17-9(8)10(13)14/h3,6-7,12H,1-2,4-5H2,(H,13,14). The van der Waals surface area contributed by atoms with Crippen LogP contribution in [-0.2, 0) is 10.0 Å². The van der Waals surface area contributed by atoms with Gasteiger partial charge in [0.05, 0.1) is 6.10 Å². The Morgan fingerprint density at radius 2 is 2.00 bits per heavy atom. The summed E-state index contributed by atoms with van der Waals surface area (Å²) in [5, 5.41) is 19.8. The zero-order valence-corrected chi connectivity index (χ0v) is 11.1. The predicted molar refractivity (Wildman–Crippen MR) is 65.3 cm³/mol. The van der Waals surface area contributed by atoms with Gasteiger partial charge in [0.1, 0.15) is 9.77 Å². The van der Waals surface area contributed by atoms with Crippen LogP contribution in [0.2, 0.25) is 0 Å². The van der Waals surface area contributed by atoms with Gasteiger partial charge < -0.3 is 10.2 Å². The summed E-state index contributed by atoms with van der Waals surface area (Å²) in [6, 6.07) is 1.31. The topological polar surface area (TPSA) is 94.9 Å². The first-order valence-corrected chi connectivity index (χ1v) is 7.74. The minimum atomic E-state index is -3.77. The molecule has 1 aliphatic heterocycles. The van der Waals surface area contributed by atoms with Gasteiger partial charge in [0.2, 0.25) is 10.0 Å². The number of aliphatic hydroxyl groups excluding tert-OH is 1. The smallest absolute Gasteiger partial charge is 0.347 e. The molecule has 6 nitrogen and oxygen atoms in total. The van der Waals surface area contributed by atoms with Gasteiger partial charge >= 0.3 is 5.97 Å². The molecule has 1 aromatic rings. The van der Waals surface area contributed by atoms with E-state index in [1.807, 2.05) is 0 Å². The van der Waals surface area contributed by atoms with Crippen molar-refractivity contribution in [3.05, 3.63) is 16.3 Å². The Morgan fingerprint density at radius 1 is 1.39 bits per heavy atom. The molecule has 2 N–H and O–H groups in total. The van der Waals surface area contributed by atoms with Gasteiger partial charge in [-0.2, -0.15) is 4.31 Å². The Balaban J connectivity index is 2.31. The van der Waals surface area contributed by atoms with Gasteiger partial charge in [-0.05, 0) is 24.3 Å². The van der Waals surface area contributed by atoms with Crippen molar-refractivity contribution >= 4 is 27.3 Å². The molecule has 8 heteroatoms. The molecule has 0 atom stereocenters. The summed E-state index contributed by atoms with van der Waals surface area (Å²) in [5.74, 6) is -1.24. The van der Waals surface area contributed by atoms with Crippen LogP contribution in [0.15, 0.2) is 16.3 Å². The molecule has 1 aliphatic rings. The molecular formula is C10H13NO5S2. The van der Waals surface area contributed by atoms with E-state index >= 15 is 0 Å². The quantitative estimate of drug-likeness (QED) is 0.850. The monoisotopic (exact) mass is 291 g/mol. The molecule has 0 bridgehead atoms. The fourth-order valence-corrected chi connectivity index (χ4v) is 4.58. The van der Waals surface area contributed by atoms with E-state index in [1.165, 1.54) is 15.8 Å². The van der Waals surface area contributed by atoms with Crippen molar-refractivity contribution in [3.8, 4) is 0 Å². The number of hydrogen-bond acceptors (Lipinski definition) is 5. The predicted octanol–water partition coefficient (Wildman–Crippen LogP) is 0.592. The minimum Gasteiger partial charge on any atom is -0.477 e. The number of carboxylic acids is 1. The number of nitrogens with zero attached hydrogens (tertiary/aromatic N) is 1. The van der Waals surface area contributed by atoms with E-state index < -0.39 is 22.1 Å². The molecule has 0 saturated carbocycles. The Kier molecular flexibility index (Phi) is 3.71. The van der Waals surface area contributed by atoms with Crippen molar-refractivity contribution in [2.24, 2.45) is 0 Å². The summed E-state index contributed by atoms with van der Waals surface area (Å²) in [7, 11) is -3.77.